The first-order valence-electron chi connectivity index (χ1n) is 19.7. The molecule has 262 valence electrons. The third kappa shape index (κ3) is 7.10. The molecule has 0 radical (unpaired) electrons. The molecule has 7 rings (SSSR count). The summed E-state index contributed by atoms with van der Waals surface area (Å²) in [5.74, 6) is -0.559. The van der Waals surface area contributed by atoms with Crippen LogP contribution in [0.5, 0.6) is 5.75 Å². The lowest BCUT2D eigenvalue weighted by Crippen LogP contribution is -2.46. The minimum atomic E-state index is -3.90. The van der Waals surface area contributed by atoms with E-state index in [4.69, 9.17) is 48.4 Å². The molecule has 0 amide bonds. The molecule has 4 atom stereocenters. The fraction of sp³-hybridized carbons (Fsp3) is 0.371. The van der Waals surface area contributed by atoms with E-state index in [0.717, 1.165) is 22.3 Å². The maximum Gasteiger partial charge on any atom is 0.350 e. The van der Waals surface area contributed by atoms with Gasteiger partial charge in [-0.3, -0.25) is 0 Å². The Labute approximate surface area is 310 Å². The summed E-state index contributed by atoms with van der Waals surface area (Å²) in [7, 11) is 0. The Hall–Kier alpha value is -4.40. The fourth-order valence-corrected chi connectivity index (χ4v) is 6.56. The van der Waals surface area contributed by atoms with Gasteiger partial charge in [0.05, 0.1) is 32.2 Å². The van der Waals surface area contributed by atoms with Crippen LogP contribution >= 0.6 is 23.2 Å². The topological polar surface area (TPSA) is 125 Å². The van der Waals surface area contributed by atoms with Gasteiger partial charge < -0.3 is 29.1 Å². The van der Waals surface area contributed by atoms with E-state index in [9.17, 15) is 9.90 Å². The summed E-state index contributed by atoms with van der Waals surface area (Å²) in [5, 5.41) is 19.3. The van der Waals surface area contributed by atoms with Crippen LogP contribution < -0.4 is 20.2 Å². The SMILES string of the molecule is [2H]C([2H])([2H])C([2H])(O)C([2H])(n1ncn(-c2ccc(N3CCN(c4ccc(OCC5COC(Cn6cncn6)(c6ccc(Cl)cc6Cl)O5)cc4)CC3)cc2)c1=O)C([2H])([2H])[2H]. The predicted octanol–water partition coefficient (Wildman–Crippen LogP) is 4.55. The number of rotatable bonds is 11. The van der Waals surface area contributed by atoms with Crippen LogP contribution in [0.25, 0.3) is 5.69 Å². The van der Waals surface area contributed by atoms with Crippen molar-refractivity contribution in [1.82, 2.24) is 29.1 Å². The molecule has 50 heavy (non-hydrogen) atoms. The molecule has 0 bridgehead atoms. The maximum atomic E-state index is 13.3. The van der Waals surface area contributed by atoms with Gasteiger partial charge in [0.15, 0.2) is 0 Å². The van der Waals surface area contributed by atoms with Gasteiger partial charge in [-0.25, -0.2) is 23.7 Å². The highest BCUT2D eigenvalue weighted by Crippen LogP contribution is 2.40. The molecule has 2 aliphatic heterocycles. The largest absolute Gasteiger partial charge is 0.491 e. The normalized spacial score (nSPS) is 24.7. The van der Waals surface area contributed by atoms with Gasteiger partial charge in [0.1, 0.15) is 44.0 Å². The van der Waals surface area contributed by atoms with Gasteiger partial charge in [-0.1, -0.05) is 29.3 Å². The second-order valence-electron chi connectivity index (χ2n) is 11.7. The van der Waals surface area contributed by atoms with Crippen LogP contribution in [0, 0.1) is 0 Å². The zero-order valence-electron chi connectivity index (χ0n) is 34.5. The number of aliphatic hydroxyl groups is 1. The Morgan fingerprint density at radius 3 is 2.32 bits per heavy atom. The molecule has 0 aliphatic carbocycles. The Kier molecular flexibility index (Phi) is 7.38. The summed E-state index contributed by atoms with van der Waals surface area (Å²) in [4.78, 5) is 21.7. The fourth-order valence-electron chi connectivity index (χ4n) is 6.01. The molecule has 15 heteroatoms. The lowest BCUT2D eigenvalue weighted by molar-refractivity contribution is -0.190. The van der Waals surface area contributed by atoms with Crippen LogP contribution in [0.15, 0.2) is 90.5 Å². The van der Waals surface area contributed by atoms with E-state index in [2.05, 4.69) is 25.0 Å². The third-order valence-electron chi connectivity index (χ3n) is 8.55. The van der Waals surface area contributed by atoms with Crippen molar-refractivity contribution in [1.29, 1.82) is 0 Å². The molecular weight excluding hydrogens is 683 g/mol. The van der Waals surface area contributed by atoms with Gasteiger partial charge in [0.25, 0.3) is 0 Å². The van der Waals surface area contributed by atoms with Gasteiger partial charge in [0.2, 0.25) is 5.79 Å². The number of nitrogens with zero attached hydrogens (tertiary/aromatic N) is 8. The first-order chi connectivity index (χ1) is 27.3. The smallest absolute Gasteiger partial charge is 0.350 e. The van der Waals surface area contributed by atoms with E-state index >= 15 is 0 Å². The summed E-state index contributed by atoms with van der Waals surface area (Å²) in [6.07, 6.45) is -0.390. The number of benzene rings is 3. The Balaban J connectivity index is 0.948. The van der Waals surface area contributed by atoms with E-state index in [1.54, 1.807) is 53.5 Å². The Bertz CT molecular complexity index is 2270. The number of aromatic nitrogens is 6. The van der Waals surface area contributed by atoms with E-state index < -0.39 is 43.4 Å². The van der Waals surface area contributed by atoms with Crippen LogP contribution in [-0.4, -0.2) is 85.8 Å². The van der Waals surface area contributed by atoms with Crippen molar-refractivity contribution in [2.24, 2.45) is 0 Å². The van der Waals surface area contributed by atoms with Crippen LogP contribution in [0.3, 0.4) is 0 Å². The monoisotopic (exact) mass is 728 g/mol. The van der Waals surface area contributed by atoms with E-state index in [0.29, 0.717) is 47.5 Å². The molecule has 13 nitrogen and oxygen atoms in total. The molecule has 1 N–H and O–H groups in total. The molecule has 4 unspecified atom stereocenters. The third-order valence-corrected chi connectivity index (χ3v) is 9.10. The second kappa shape index (κ2) is 14.4. The quantitative estimate of drug-likeness (QED) is 0.207. The number of halogens is 2. The molecule has 2 aromatic heterocycles. The van der Waals surface area contributed by atoms with Gasteiger partial charge in [-0.15, -0.1) is 0 Å². The molecule has 5 aromatic rings. The van der Waals surface area contributed by atoms with E-state index in [1.807, 2.05) is 24.3 Å². The van der Waals surface area contributed by atoms with E-state index in [1.165, 1.54) is 6.33 Å². The average molecular weight is 730 g/mol. The highest BCUT2D eigenvalue weighted by atomic mass is 35.5. The van der Waals surface area contributed by atoms with E-state index in [-0.39, 0.29) is 30.1 Å². The summed E-state index contributed by atoms with van der Waals surface area (Å²) >= 11 is 12.7. The minimum Gasteiger partial charge on any atom is -0.491 e. The summed E-state index contributed by atoms with van der Waals surface area (Å²) in [6, 6.07) is 16.0. The minimum absolute atomic E-state index is 0.0247. The van der Waals surface area contributed by atoms with Crippen LogP contribution in [0.4, 0.5) is 11.4 Å². The van der Waals surface area contributed by atoms with Crippen molar-refractivity contribution in [3.8, 4) is 11.4 Å². The van der Waals surface area contributed by atoms with Crippen molar-refractivity contribution < 1.29 is 30.3 Å². The van der Waals surface area contributed by atoms with Gasteiger partial charge in [-0.2, -0.15) is 10.2 Å². The standard InChI is InChI=1S/C35H38Cl2N8O5/c1-24(25(2)46)45-34(47)44(23-40-45)29-6-4-27(5-7-29)41-13-15-42(16-14-41)28-8-10-30(11-9-28)48-18-31-19-49-35(50-31,20-43-22-38-21-39-43)32-12-3-26(36)17-33(32)37/h3-12,17,21-25,31,46H,13-16,18-20H2,1-2H3/i1D3,2D3,24D,25D. The molecule has 2 fully saturated rings. The van der Waals surface area contributed by atoms with Crippen LogP contribution in [0.1, 0.15) is 36.3 Å². The van der Waals surface area contributed by atoms with Gasteiger partial charge in [0, 0.05) is 56.4 Å². The maximum absolute atomic E-state index is 13.3. The zero-order valence-corrected chi connectivity index (χ0v) is 28.0. The summed E-state index contributed by atoms with van der Waals surface area (Å²) < 4.78 is 83.6. The molecule has 4 heterocycles. The number of anilines is 2. The molecule has 2 aliphatic rings. The molecule has 0 saturated carbocycles. The molecule has 2 saturated heterocycles. The number of ether oxygens (including phenoxy) is 3. The Morgan fingerprint density at radius 1 is 0.980 bits per heavy atom. The lowest BCUT2D eigenvalue weighted by atomic mass is 10.1. The van der Waals surface area contributed by atoms with Crippen molar-refractivity contribution >= 4 is 34.6 Å². The predicted molar refractivity (Wildman–Crippen MR) is 190 cm³/mol. The van der Waals surface area contributed by atoms with Crippen LogP contribution in [0.2, 0.25) is 10.0 Å². The summed E-state index contributed by atoms with van der Waals surface area (Å²) in [6.45, 7) is -3.78. The van der Waals surface area contributed by atoms with Crippen molar-refractivity contribution in [3.05, 3.63) is 112 Å². The molecular formula is C35H38Cl2N8O5. The number of hydrogen-bond acceptors (Lipinski definition) is 10. The van der Waals surface area contributed by atoms with Crippen molar-refractivity contribution in [3.63, 3.8) is 0 Å². The Morgan fingerprint density at radius 2 is 1.68 bits per heavy atom. The second-order valence-corrected chi connectivity index (χ2v) is 12.6. The summed E-state index contributed by atoms with van der Waals surface area (Å²) in [5.41, 5.74) is 1.53. The lowest BCUT2D eigenvalue weighted by Gasteiger charge is -2.37. The van der Waals surface area contributed by atoms with Gasteiger partial charge in [-0.05, 0) is 74.4 Å². The average Bonchev–Trinajstić information content (AvgIpc) is 3.94. The first kappa shape index (κ1) is 25.5. The highest BCUT2D eigenvalue weighted by Gasteiger charge is 2.45. The van der Waals surface area contributed by atoms with Gasteiger partial charge >= 0.3 is 5.69 Å². The number of hydrogen-bond donors (Lipinski definition) is 1. The zero-order chi connectivity index (χ0) is 41.7. The molecule has 0 spiro atoms. The molecule has 3 aromatic carbocycles. The van der Waals surface area contributed by atoms with Crippen molar-refractivity contribution in [2.75, 3.05) is 49.2 Å². The van der Waals surface area contributed by atoms with Crippen molar-refractivity contribution in [2.45, 2.75) is 44.2 Å². The number of piperazine rings is 1. The highest BCUT2D eigenvalue weighted by molar-refractivity contribution is 6.35. The first-order valence-corrected chi connectivity index (χ1v) is 16.4. The van der Waals surface area contributed by atoms with Crippen LogP contribution in [-0.2, 0) is 21.8 Å².